The third kappa shape index (κ3) is 3.77. The van der Waals surface area contributed by atoms with Crippen molar-refractivity contribution < 1.29 is 4.74 Å². The average Bonchev–Trinajstić information content (AvgIpc) is 2.15. The molecule has 0 aliphatic rings. The normalized spacial score (nSPS) is 12.7. The molecular formula is C12H14Cl2O. The van der Waals surface area contributed by atoms with Gasteiger partial charge in [-0.1, -0.05) is 44.0 Å². The molecule has 1 aromatic carbocycles. The van der Waals surface area contributed by atoms with Gasteiger partial charge in [0.05, 0.1) is 0 Å². The molecule has 0 fully saturated rings. The van der Waals surface area contributed by atoms with Gasteiger partial charge >= 0.3 is 0 Å². The standard InChI is InChI=1S/C12H14Cl2O/c1-12(2,3)11(8-13)15-10-6-4-9(14)5-7-10/h4-8H,1-3H3/b11-8-. The van der Waals surface area contributed by atoms with Crippen LogP contribution in [-0.4, -0.2) is 0 Å². The van der Waals surface area contributed by atoms with Crippen LogP contribution >= 0.6 is 23.2 Å². The Hall–Kier alpha value is -0.660. The fourth-order valence-electron chi connectivity index (χ4n) is 0.969. The van der Waals surface area contributed by atoms with Crippen LogP contribution in [0.2, 0.25) is 5.02 Å². The molecular weight excluding hydrogens is 231 g/mol. The predicted molar refractivity (Wildman–Crippen MR) is 65.5 cm³/mol. The van der Waals surface area contributed by atoms with E-state index in [-0.39, 0.29) is 5.41 Å². The Balaban J connectivity index is 2.81. The fraction of sp³-hybridized carbons (Fsp3) is 0.333. The van der Waals surface area contributed by atoms with Crippen molar-refractivity contribution >= 4 is 23.2 Å². The summed E-state index contributed by atoms with van der Waals surface area (Å²) in [7, 11) is 0. The minimum atomic E-state index is -0.110. The van der Waals surface area contributed by atoms with Gasteiger partial charge in [-0.3, -0.25) is 0 Å². The van der Waals surface area contributed by atoms with Gasteiger partial charge in [0.2, 0.25) is 0 Å². The Morgan fingerprint density at radius 1 is 1.20 bits per heavy atom. The van der Waals surface area contributed by atoms with Crippen LogP contribution in [0, 0.1) is 5.41 Å². The number of hydrogen-bond acceptors (Lipinski definition) is 1. The van der Waals surface area contributed by atoms with Crippen LogP contribution in [0.3, 0.4) is 0 Å². The summed E-state index contributed by atoms with van der Waals surface area (Å²) < 4.78 is 5.65. The summed E-state index contributed by atoms with van der Waals surface area (Å²) in [5.74, 6) is 1.47. The molecule has 0 aromatic heterocycles. The number of ether oxygens (including phenoxy) is 1. The molecule has 1 rings (SSSR count). The van der Waals surface area contributed by atoms with Gasteiger partial charge in [0.1, 0.15) is 11.5 Å². The number of benzene rings is 1. The van der Waals surface area contributed by atoms with E-state index in [1.165, 1.54) is 5.54 Å². The maximum Gasteiger partial charge on any atom is 0.127 e. The first-order valence-electron chi connectivity index (χ1n) is 4.68. The van der Waals surface area contributed by atoms with Crippen molar-refractivity contribution in [3.05, 3.63) is 40.6 Å². The van der Waals surface area contributed by atoms with Gasteiger partial charge in [-0.05, 0) is 24.3 Å². The molecule has 0 aliphatic heterocycles. The average molecular weight is 245 g/mol. The SMILES string of the molecule is CC(C)(C)/C(=C/Cl)Oc1ccc(Cl)cc1. The third-order valence-electron chi connectivity index (χ3n) is 1.88. The number of halogens is 2. The van der Waals surface area contributed by atoms with Crippen molar-refractivity contribution in [2.24, 2.45) is 5.41 Å². The lowest BCUT2D eigenvalue weighted by molar-refractivity contribution is 0.295. The minimum absolute atomic E-state index is 0.110. The molecule has 0 N–H and O–H groups in total. The molecule has 0 saturated heterocycles. The zero-order valence-corrected chi connectivity index (χ0v) is 10.6. The van der Waals surface area contributed by atoms with Crippen LogP contribution in [-0.2, 0) is 0 Å². The van der Waals surface area contributed by atoms with Crippen LogP contribution in [0.25, 0.3) is 0 Å². The fourth-order valence-corrected chi connectivity index (χ4v) is 1.47. The van der Waals surface area contributed by atoms with E-state index in [9.17, 15) is 0 Å². The van der Waals surface area contributed by atoms with Crippen molar-refractivity contribution in [1.82, 2.24) is 0 Å². The van der Waals surface area contributed by atoms with Gasteiger partial charge in [-0.15, -0.1) is 0 Å². The van der Waals surface area contributed by atoms with E-state index in [1.54, 1.807) is 12.1 Å². The van der Waals surface area contributed by atoms with E-state index in [0.717, 1.165) is 11.5 Å². The second kappa shape index (κ2) is 4.91. The van der Waals surface area contributed by atoms with E-state index in [4.69, 9.17) is 27.9 Å². The third-order valence-corrected chi connectivity index (χ3v) is 2.33. The minimum Gasteiger partial charge on any atom is -0.460 e. The van der Waals surface area contributed by atoms with E-state index < -0.39 is 0 Å². The molecule has 0 bridgehead atoms. The summed E-state index contributed by atoms with van der Waals surface area (Å²) in [6.07, 6.45) is 0. The first kappa shape index (κ1) is 12.4. The molecule has 1 aromatic rings. The van der Waals surface area contributed by atoms with Crippen LogP contribution in [0.5, 0.6) is 5.75 Å². The topological polar surface area (TPSA) is 9.23 Å². The van der Waals surface area contributed by atoms with Gasteiger partial charge in [0, 0.05) is 16.0 Å². The summed E-state index contributed by atoms with van der Waals surface area (Å²) in [6, 6.07) is 7.19. The van der Waals surface area contributed by atoms with Crippen LogP contribution in [0.1, 0.15) is 20.8 Å². The second-order valence-corrected chi connectivity index (χ2v) is 4.93. The number of allylic oxidation sites excluding steroid dienone is 1. The maximum absolute atomic E-state index is 5.78. The molecule has 1 nitrogen and oxygen atoms in total. The van der Waals surface area contributed by atoms with Crippen molar-refractivity contribution in [3.8, 4) is 5.75 Å². The van der Waals surface area contributed by atoms with E-state index >= 15 is 0 Å². The van der Waals surface area contributed by atoms with Gasteiger partial charge < -0.3 is 4.74 Å². The molecule has 0 spiro atoms. The van der Waals surface area contributed by atoms with E-state index in [2.05, 4.69) is 0 Å². The van der Waals surface area contributed by atoms with Gasteiger partial charge in [0.15, 0.2) is 0 Å². The molecule has 0 heterocycles. The molecule has 0 radical (unpaired) electrons. The first-order valence-corrected chi connectivity index (χ1v) is 5.49. The zero-order valence-electron chi connectivity index (χ0n) is 9.05. The maximum atomic E-state index is 5.78. The quantitative estimate of drug-likeness (QED) is 0.677. The molecule has 0 atom stereocenters. The predicted octanol–water partition coefficient (Wildman–Crippen LogP) is 4.85. The molecule has 0 amide bonds. The van der Waals surface area contributed by atoms with Crippen LogP contribution in [0.4, 0.5) is 0 Å². The highest BCUT2D eigenvalue weighted by atomic mass is 35.5. The largest absolute Gasteiger partial charge is 0.460 e. The summed E-state index contributed by atoms with van der Waals surface area (Å²) in [5.41, 5.74) is 1.36. The Labute approximate surface area is 101 Å². The summed E-state index contributed by atoms with van der Waals surface area (Å²) in [5, 5.41) is 0.689. The lowest BCUT2D eigenvalue weighted by Gasteiger charge is -2.22. The molecule has 0 aliphatic carbocycles. The second-order valence-electron chi connectivity index (χ2n) is 4.28. The van der Waals surface area contributed by atoms with Crippen molar-refractivity contribution in [2.45, 2.75) is 20.8 Å². The zero-order chi connectivity index (χ0) is 11.5. The van der Waals surface area contributed by atoms with Gasteiger partial charge in [-0.2, -0.15) is 0 Å². The Morgan fingerprint density at radius 3 is 2.13 bits per heavy atom. The van der Waals surface area contributed by atoms with Crippen molar-refractivity contribution in [3.63, 3.8) is 0 Å². The lowest BCUT2D eigenvalue weighted by atomic mass is 9.95. The number of rotatable bonds is 2. The summed E-state index contributed by atoms with van der Waals surface area (Å²) in [4.78, 5) is 0. The summed E-state index contributed by atoms with van der Waals surface area (Å²) in [6.45, 7) is 6.12. The van der Waals surface area contributed by atoms with Crippen molar-refractivity contribution in [2.75, 3.05) is 0 Å². The van der Waals surface area contributed by atoms with Crippen LogP contribution < -0.4 is 4.74 Å². The Bertz CT molecular complexity index is 347. The highest BCUT2D eigenvalue weighted by Gasteiger charge is 2.19. The smallest absolute Gasteiger partial charge is 0.127 e. The molecule has 3 heteroatoms. The molecule has 0 unspecified atom stereocenters. The highest BCUT2D eigenvalue weighted by Crippen LogP contribution is 2.29. The van der Waals surface area contributed by atoms with Crippen molar-refractivity contribution in [1.29, 1.82) is 0 Å². The van der Waals surface area contributed by atoms with E-state index in [1.807, 2.05) is 32.9 Å². The Morgan fingerprint density at radius 2 is 1.73 bits per heavy atom. The van der Waals surface area contributed by atoms with Gasteiger partial charge in [0.25, 0.3) is 0 Å². The first-order chi connectivity index (χ1) is 6.93. The summed E-state index contributed by atoms with van der Waals surface area (Å²) >= 11 is 11.5. The van der Waals surface area contributed by atoms with Gasteiger partial charge in [-0.25, -0.2) is 0 Å². The number of hydrogen-bond donors (Lipinski definition) is 0. The molecule has 82 valence electrons. The highest BCUT2D eigenvalue weighted by molar-refractivity contribution is 6.30. The molecule has 0 saturated carbocycles. The monoisotopic (exact) mass is 244 g/mol. The molecule has 15 heavy (non-hydrogen) atoms. The van der Waals surface area contributed by atoms with Crippen LogP contribution in [0.15, 0.2) is 35.6 Å². The van der Waals surface area contributed by atoms with E-state index in [0.29, 0.717) is 5.02 Å². The lowest BCUT2D eigenvalue weighted by Crippen LogP contribution is -2.14. The Kier molecular flexibility index (Phi) is 4.06.